The van der Waals surface area contributed by atoms with Gasteiger partial charge in [0.15, 0.2) is 0 Å². The monoisotopic (exact) mass is 314 g/mol. The van der Waals surface area contributed by atoms with E-state index in [0.717, 1.165) is 39.1 Å². The van der Waals surface area contributed by atoms with Crippen molar-refractivity contribution in [2.45, 2.75) is 6.04 Å². The van der Waals surface area contributed by atoms with Crippen molar-refractivity contribution in [1.82, 2.24) is 15.0 Å². The Morgan fingerprint density at radius 3 is 2.67 bits per heavy atom. The summed E-state index contributed by atoms with van der Waals surface area (Å²) >= 11 is 0. The van der Waals surface area contributed by atoms with Gasteiger partial charge in [-0.15, -0.1) is 0 Å². The molecule has 5 rings (SSSR count). The number of aromatic nitrogens is 3. The molecule has 0 saturated carbocycles. The van der Waals surface area contributed by atoms with E-state index in [9.17, 15) is 5.11 Å². The average molecular weight is 314 g/mol. The van der Waals surface area contributed by atoms with Crippen molar-refractivity contribution in [2.24, 2.45) is 0 Å². The highest BCUT2D eigenvalue weighted by Crippen LogP contribution is 2.42. The third kappa shape index (κ3) is 1.81. The van der Waals surface area contributed by atoms with Crippen LogP contribution in [-0.2, 0) is 0 Å². The smallest absolute Gasteiger partial charge is 0.138 e. The van der Waals surface area contributed by atoms with Crippen LogP contribution in [-0.4, -0.2) is 20.1 Å². The van der Waals surface area contributed by atoms with Crippen molar-refractivity contribution in [2.75, 3.05) is 5.32 Å². The summed E-state index contributed by atoms with van der Waals surface area (Å²) in [6.45, 7) is 0. The fourth-order valence-electron chi connectivity index (χ4n) is 3.42. The molecule has 3 N–H and O–H groups in total. The number of hydrogen-bond acceptors (Lipinski definition) is 4. The van der Waals surface area contributed by atoms with Crippen LogP contribution in [0.15, 0.2) is 61.1 Å². The highest BCUT2D eigenvalue weighted by atomic mass is 16.3. The number of aromatic amines is 1. The molecule has 1 atom stereocenters. The van der Waals surface area contributed by atoms with Gasteiger partial charge in [0.2, 0.25) is 0 Å². The first-order chi connectivity index (χ1) is 11.8. The zero-order chi connectivity index (χ0) is 16.1. The summed E-state index contributed by atoms with van der Waals surface area (Å²) in [6, 6.07) is 13.2. The lowest BCUT2D eigenvalue weighted by Gasteiger charge is -2.18. The van der Waals surface area contributed by atoms with E-state index in [1.165, 1.54) is 0 Å². The van der Waals surface area contributed by atoms with Gasteiger partial charge in [-0.2, -0.15) is 0 Å². The molecule has 1 aliphatic rings. The van der Waals surface area contributed by atoms with E-state index < -0.39 is 0 Å². The number of nitrogens with one attached hydrogen (secondary N) is 2. The molecular formula is C19H14N4O. The summed E-state index contributed by atoms with van der Waals surface area (Å²) in [5.41, 5.74) is 5.23. The number of hydrogen-bond donors (Lipinski definition) is 3. The van der Waals surface area contributed by atoms with Crippen LogP contribution in [0.2, 0.25) is 0 Å². The van der Waals surface area contributed by atoms with Crippen LogP contribution >= 0.6 is 0 Å². The van der Waals surface area contributed by atoms with Gasteiger partial charge in [-0.1, -0.05) is 12.1 Å². The molecule has 0 spiro atoms. The lowest BCUT2D eigenvalue weighted by molar-refractivity contribution is 0.475. The molecule has 1 aromatic carbocycles. The Morgan fingerprint density at radius 2 is 1.79 bits per heavy atom. The van der Waals surface area contributed by atoms with Crippen LogP contribution < -0.4 is 5.32 Å². The number of H-pyrrole nitrogens is 1. The zero-order valence-electron chi connectivity index (χ0n) is 12.7. The topological polar surface area (TPSA) is 73.8 Å². The lowest BCUT2D eigenvalue weighted by atomic mass is 9.97. The maximum absolute atomic E-state index is 9.59. The predicted molar refractivity (Wildman–Crippen MR) is 92.9 cm³/mol. The number of benzene rings is 1. The summed E-state index contributed by atoms with van der Waals surface area (Å²) < 4.78 is 0. The van der Waals surface area contributed by atoms with E-state index in [1.807, 2.05) is 36.7 Å². The molecule has 0 radical (unpaired) electrons. The fourth-order valence-corrected chi connectivity index (χ4v) is 3.42. The first kappa shape index (κ1) is 13.1. The van der Waals surface area contributed by atoms with E-state index in [2.05, 4.69) is 26.3 Å². The third-order valence-corrected chi connectivity index (χ3v) is 4.52. The minimum atomic E-state index is -0.0709. The molecular weight excluding hydrogens is 300 g/mol. The van der Waals surface area contributed by atoms with Crippen LogP contribution in [0, 0.1) is 0 Å². The van der Waals surface area contributed by atoms with Crippen molar-refractivity contribution in [3.05, 3.63) is 72.2 Å². The van der Waals surface area contributed by atoms with Gasteiger partial charge in [-0.05, 0) is 41.5 Å². The van der Waals surface area contributed by atoms with E-state index in [4.69, 9.17) is 0 Å². The molecule has 1 aliphatic heterocycles. The van der Waals surface area contributed by atoms with Crippen LogP contribution in [0.25, 0.3) is 22.2 Å². The first-order valence-electron chi connectivity index (χ1n) is 7.78. The molecule has 0 bridgehead atoms. The number of phenols is 1. The number of phenolic OH excluding ortho intramolecular Hbond substituents is 1. The summed E-state index contributed by atoms with van der Waals surface area (Å²) in [4.78, 5) is 12.3. The van der Waals surface area contributed by atoms with Crippen molar-refractivity contribution < 1.29 is 5.11 Å². The van der Waals surface area contributed by atoms with Gasteiger partial charge in [-0.25, -0.2) is 9.97 Å². The highest BCUT2D eigenvalue weighted by molar-refractivity contribution is 6.00. The fraction of sp³-hybridized carbons (Fsp3) is 0.0526. The predicted octanol–water partition coefficient (Wildman–Crippen LogP) is 3.85. The molecule has 4 aromatic rings. The molecule has 116 valence electrons. The Bertz CT molecular complexity index is 1050. The Labute approximate surface area is 138 Å². The second kappa shape index (κ2) is 4.83. The molecule has 1 unspecified atom stereocenters. The van der Waals surface area contributed by atoms with Gasteiger partial charge < -0.3 is 15.4 Å². The molecule has 5 nitrogen and oxygen atoms in total. The standard InChI is InChI=1S/C19H14N4O/c24-12-5-3-11(4-6-12)17-15-10-22-19-16(15)13(7-9-21-19)14-2-1-8-20-18(14)23-17/h1-10,17,24H,(H,20,23)(H,21,22). The molecule has 0 fully saturated rings. The van der Waals surface area contributed by atoms with Crippen molar-refractivity contribution in [1.29, 1.82) is 0 Å². The zero-order valence-corrected chi connectivity index (χ0v) is 12.7. The molecule has 24 heavy (non-hydrogen) atoms. The second-order valence-electron chi connectivity index (χ2n) is 5.89. The van der Waals surface area contributed by atoms with Gasteiger partial charge in [-0.3, -0.25) is 0 Å². The number of anilines is 1. The maximum atomic E-state index is 9.59. The van der Waals surface area contributed by atoms with Crippen molar-refractivity contribution >= 4 is 16.9 Å². The normalized spacial score (nSPS) is 15.6. The minimum Gasteiger partial charge on any atom is -0.508 e. The van der Waals surface area contributed by atoms with Crippen molar-refractivity contribution in [3.8, 4) is 16.9 Å². The van der Waals surface area contributed by atoms with Gasteiger partial charge in [0.1, 0.15) is 17.2 Å². The highest BCUT2D eigenvalue weighted by Gasteiger charge is 2.26. The molecule has 0 saturated heterocycles. The minimum absolute atomic E-state index is 0.0709. The van der Waals surface area contributed by atoms with Gasteiger partial charge in [0.25, 0.3) is 0 Å². The van der Waals surface area contributed by atoms with E-state index in [0.29, 0.717) is 0 Å². The number of aromatic hydroxyl groups is 1. The Hall–Kier alpha value is -3.34. The van der Waals surface area contributed by atoms with Crippen LogP contribution in [0.1, 0.15) is 17.2 Å². The van der Waals surface area contributed by atoms with Crippen LogP contribution in [0.4, 0.5) is 5.82 Å². The Morgan fingerprint density at radius 1 is 0.917 bits per heavy atom. The van der Waals surface area contributed by atoms with Gasteiger partial charge in [0.05, 0.1) is 6.04 Å². The number of nitrogens with zero attached hydrogens (tertiary/aromatic N) is 2. The number of rotatable bonds is 1. The molecule has 0 aliphatic carbocycles. The first-order valence-corrected chi connectivity index (χ1v) is 7.78. The second-order valence-corrected chi connectivity index (χ2v) is 5.89. The molecule has 0 amide bonds. The van der Waals surface area contributed by atoms with E-state index in [1.54, 1.807) is 18.3 Å². The van der Waals surface area contributed by atoms with Crippen molar-refractivity contribution in [3.63, 3.8) is 0 Å². The summed E-state index contributed by atoms with van der Waals surface area (Å²) in [7, 11) is 0. The quantitative estimate of drug-likeness (QED) is 0.499. The molecule has 5 heteroatoms. The summed E-state index contributed by atoms with van der Waals surface area (Å²) in [6.07, 6.45) is 5.60. The number of fused-ring (bicyclic) bond motifs is 2. The average Bonchev–Trinajstić information content (AvgIpc) is 2.98. The number of pyridine rings is 2. The third-order valence-electron chi connectivity index (χ3n) is 4.52. The van der Waals surface area contributed by atoms with Gasteiger partial charge in [0, 0.05) is 35.1 Å². The molecule has 4 heterocycles. The maximum Gasteiger partial charge on any atom is 0.138 e. The van der Waals surface area contributed by atoms with Crippen LogP contribution in [0.3, 0.4) is 0 Å². The van der Waals surface area contributed by atoms with Crippen LogP contribution in [0.5, 0.6) is 5.75 Å². The Balaban J connectivity index is 1.83. The summed E-state index contributed by atoms with van der Waals surface area (Å²) in [5, 5.41) is 14.2. The Kier molecular flexibility index (Phi) is 2.64. The lowest BCUT2D eigenvalue weighted by Crippen LogP contribution is -2.12. The SMILES string of the molecule is Oc1ccc(C2Nc3ncccc3-c3ccnc4[nH]cc2c34)cc1. The summed E-state index contributed by atoms with van der Waals surface area (Å²) in [5.74, 6) is 1.10. The van der Waals surface area contributed by atoms with Gasteiger partial charge >= 0.3 is 0 Å². The van der Waals surface area contributed by atoms with E-state index >= 15 is 0 Å². The largest absolute Gasteiger partial charge is 0.508 e. The van der Waals surface area contributed by atoms with E-state index in [-0.39, 0.29) is 11.8 Å². The molecule has 3 aromatic heterocycles.